The molecule has 2 heterocycles. The second-order valence-electron chi connectivity index (χ2n) is 6.41. The summed E-state index contributed by atoms with van der Waals surface area (Å²) in [6.45, 7) is 3.69. The van der Waals surface area contributed by atoms with Crippen molar-refractivity contribution in [3.63, 3.8) is 0 Å². The first-order valence-electron chi connectivity index (χ1n) is 8.83. The van der Waals surface area contributed by atoms with Crippen molar-refractivity contribution in [1.29, 1.82) is 0 Å². The molecule has 1 fully saturated rings. The van der Waals surface area contributed by atoms with Crippen LogP contribution in [0.1, 0.15) is 25.3 Å². The molecule has 26 heavy (non-hydrogen) atoms. The fourth-order valence-electron chi connectivity index (χ4n) is 2.99. The highest BCUT2D eigenvalue weighted by molar-refractivity contribution is 6.30. The van der Waals surface area contributed by atoms with Crippen LogP contribution >= 0.6 is 11.6 Å². The van der Waals surface area contributed by atoms with E-state index in [0.717, 1.165) is 18.4 Å². The van der Waals surface area contributed by atoms with E-state index in [0.29, 0.717) is 30.5 Å². The number of ether oxygens (including phenoxy) is 2. The Hall–Kier alpha value is -2.11. The SMILES string of the molecule is C[C@H](Oc1cccc(Cl)c1)C(=O)N1CCC(OCc2cccnc2)CC1. The van der Waals surface area contributed by atoms with Crippen LogP contribution < -0.4 is 4.74 Å². The zero-order valence-electron chi connectivity index (χ0n) is 14.8. The summed E-state index contributed by atoms with van der Waals surface area (Å²) in [6.07, 6.45) is 4.85. The summed E-state index contributed by atoms with van der Waals surface area (Å²) in [5.74, 6) is 0.601. The lowest BCUT2D eigenvalue weighted by atomic mass is 10.1. The summed E-state index contributed by atoms with van der Waals surface area (Å²) < 4.78 is 11.7. The molecule has 0 aliphatic carbocycles. The Bertz CT molecular complexity index is 718. The Morgan fingerprint density at radius 3 is 2.81 bits per heavy atom. The minimum atomic E-state index is -0.540. The van der Waals surface area contributed by atoms with Crippen LogP contribution in [0.4, 0.5) is 0 Å². The number of amides is 1. The first-order valence-corrected chi connectivity index (χ1v) is 9.21. The summed E-state index contributed by atoms with van der Waals surface area (Å²) in [5, 5.41) is 0.591. The number of hydrogen-bond donors (Lipinski definition) is 0. The quantitative estimate of drug-likeness (QED) is 0.773. The number of piperidine rings is 1. The van der Waals surface area contributed by atoms with Crippen molar-refractivity contribution in [3.8, 4) is 5.75 Å². The highest BCUT2D eigenvalue weighted by Crippen LogP contribution is 2.20. The number of aromatic nitrogens is 1. The van der Waals surface area contributed by atoms with E-state index in [1.807, 2.05) is 23.2 Å². The molecule has 0 bridgehead atoms. The fraction of sp³-hybridized carbons (Fsp3) is 0.400. The maximum absolute atomic E-state index is 12.6. The Balaban J connectivity index is 1.44. The first kappa shape index (κ1) is 18.7. The Labute approximate surface area is 158 Å². The van der Waals surface area contributed by atoms with Crippen LogP contribution in [0, 0.1) is 0 Å². The highest BCUT2D eigenvalue weighted by Gasteiger charge is 2.27. The zero-order valence-corrected chi connectivity index (χ0v) is 15.6. The number of halogens is 1. The van der Waals surface area contributed by atoms with E-state index in [-0.39, 0.29) is 12.0 Å². The number of nitrogens with zero attached hydrogens (tertiary/aromatic N) is 2. The average Bonchev–Trinajstić information content (AvgIpc) is 2.67. The van der Waals surface area contributed by atoms with Crippen molar-refractivity contribution < 1.29 is 14.3 Å². The molecule has 1 amide bonds. The van der Waals surface area contributed by atoms with Gasteiger partial charge in [-0.25, -0.2) is 0 Å². The van der Waals surface area contributed by atoms with E-state index < -0.39 is 6.10 Å². The summed E-state index contributed by atoms with van der Waals surface area (Å²) in [4.78, 5) is 18.5. The van der Waals surface area contributed by atoms with Gasteiger partial charge < -0.3 is 14.4 Å². The number of pyridine rings is 1. The van der Waals surface area contributed by atoms with E-state index in [1.54, 1.807) is 37.4 Å². The van der Waals surface area contributed by atoms with Gasteiger partial charge in [0.15, 0.2) is 6.10 Å². The molecule has 1 saturated heterocycles. The number of likely N-dealkylation sites (tertiary alicyclic amines) is 1. The van der Waals surface area contributed by atoms with Crippen molar-refractivity contribution in [2.75, 3.05) is 13.1 Å². The summed E-state index contributed by atoms with van der Waals surface area (Å²) in [6, 6.07) is 11.0. The predicted molar refractivity (Wildman–Crippen MR) is 100 cm³/mol. The highest BCUT2D eigenvalue weighted by atomic mass is 35.5. The fourth-order valence-corrected chi connectivity index (χ4v) is 3.17. The summed E-state index contributed by atoms with van der Waals surface area (Å²) in [5.41, 5.74) is 1.06. The topological polar surface area (TPSA) is 51.7 Å². The molecule has 0 spiro atoms. The maximum atomic E-state index is 12.6. The van der Waals surface area contributed by atoms with E-state index in [2.05, 4.69) is 4.98 Å². The lowest BCUT2D eigenvalue weighted by Crippen LogP contribution is -2.46. The van der Waals surface area contributed by atoms with Gasteiger partial charge in [-0.3, -0.25) is 9.78 Å². The first-order chi connectivity index (χ1) is 12.6. The van der Waals surface area contributed by atoms with Crippen molar-refractivity contribution in [3.05, 3.63) is 59.4 Å². The molecule has 5 nitrogen and oxygen atoms in total. The van der Waals surface area contributed by atoms with Gasteiger partial charge in [-0.05, 0) is 49.6 Å². The van der Waals surface area contributed by atoms with Gasteiger partial charge in [0.05, 0.1) is 12.7 Å². The molecule has 1 aromatic heterocycles. The van der Waals surface area contributed by atoms with Crippen LogP contribution in [0.25, 0.3) is 0 Å². The van der Waals surface area contributed by atoms with Crippen LogP contribution in [-0.2, 0) is 16.1 Å². The van der Waals surface area contributed by atoms with Gasteiger partial charge in [0.2, 0.25) is 0 Å². The number of rotatable bonds is 6. The molecule has 3 rings (SSSR count). The lowest BCUT2D eigenvalue weighted by molar-refractivity contribution is -0.140. The van der Waals surface area contributed by atoms with Gasteiger partial charge in [-0.15, -0.1) is 0 Å². The van der Waals surface area contributed by atoms with Crippen LogP contribution in [0.3, 0.4) is 0 Å². The van der Waals surface area contributed by atoms with Crippen molar-refractivity contribution >= 4 is 17.5 Å². The van der Waals surface area contributed by atoms with Gasteiger partial charge in [-0.1, -0.05) is 23.7 Å². The van der Waals surface area contributed by atoms with E-state index >= 15 is 0 Å². The van der Waals surface area contributed by atoms with Crippen molar-refractivity contribution in [2.45, 2.75) is 38.6 Å². The Morgan fingerprint density at radius 1 is 1.31 bits per heavy atom. The smallest absolute Gasteiger partial charge is 0.263 e. The molecule has 6 heteroatoms. The number of carbonyl (C=O) groups is 1. The van der Waals surface area contributed by atoms with E-state index in [4.69, 9.17) is 21.1 Å². The monoisotopic (exact) mass is 374 g/mol. The third kappa shape index (κ3) is 5.19. The largest absolute Gasteiger partial charge is 0.481 e. The molecule has 1 aliphatic heterocycles. The lowest BCUT2D eigenvalue weighted by Gasteiger charge is -2.33. The molecule has 2 aromatic rings. The van der Waals surface area contributed by atoms with Crippen LogP contribution in [-0.4, -0.2) is 41.1 Å². The second-order valence-corrected chi connectivity index (χ2v) is 6.85. The standard InChI is InChI=1S/C20H23ClN2O3/c1-15(26-19-6-2-5-17(21)12-19)20(24)23-10-7-18(8-11-23)25-14-16-4-3-9-22-13-16/h2-6,9,12-13,15,18H,7-8,10-11,14H2,1H3/t15-/m0/s1. The Morgan fingerprint density at radius 2 is 2.12 bits per heavy atom. The van der Waals surface area contributed by atoms with Crippen LogP contribution in [0.2, 0.25) is 5.02 Å². The Kier molecular flexibility index (Phi) is 6.47. The molecular weight excluding hydrogens is 352 g/mol. The summed E-state index contributed by atoms with van der Waals surface area (Å²) >= 11 is 5.95. The molecule has 0 unspecified atom stereocenters. The minimum Gasteiger partial charge on any atom is -0.481 e. The third-order valence-electron chi connectivity index (χ3n) is 4.42. The normalized spacial score (nSPS) is 16.3. The van der Waals surface area contributed by atoms with Gasteiger partial charge in [0.1, 0.15) is 5.75 Å². The molecular formula is C20H23ClN2O3. The van der Waals surface area contributed by atoms with Crippen molar-refractivity contribution in [2.24, 2.45) is 0 Å². The van der Waals surface area contributed by atoms with Gasteiger partial charge in [-0.2, -0.15) is 0 Å². The summed E-state index contributed by atoms with van der Waals surface area (Å²) in [7, 11) is 0. The van der Waals surface area contributed by atoms with Crippen LogP contribution in [0.15, 0.2) is 48.8 Å². The van der Waals surface area contributed by atoms with Gasteiger partial charge in [0.25, 0.3) is 5.91 Å². The molecule has 1 aliphatic rings. The van der Waals surface area contributed by atoms with Gasteiger partial charge >= 0.3 is 0 Å². The maximum Gasteiger partial charge on any atom is 0.263 e. The molecule has 1 atom stereocenters. The molecule has 0 N–H and O–H groups in total. The third-order valence-corrected chi connectivity index (χ3v) is 4.65. The second kappa shape index (κ2) is 9.01. The molecule has 138 valence electrons. The van der Waals surface area contributed by atoms with Gasteiger partial charge in [0, 0.05) is 30.5 Å². The zero-order chi connectivity index (χ0) is 18.4. The molecule has 0 radical (unpaired) electrons. The predicted octanol–water partition coefficient (Wildman–Crippen LogP) is 3.71. The van der Waals surface area contributed by atoms with Crippen molar-refractivity contribution in [1.82, 2.24) is 9.88 Å². The molecule has 0 saturated carbocycles. The minimum absolute atomic E-state index is 0.00400. The number of hydrogen-bond acceptors (Lipinski definition) is 4. The number of carbonyl (C=O) groups excluding carboxylic acids is 1. The van der Waals surface area contributed by atoms with E-state index in [1.165, 1.54) is 0 Å². The average molecular weight is 375 g/mol. The number of benzene rings is 1. The van der Waals surface area contributed by atoms with Crippen LogP contribution in [0.5, 0.6) is 5.75 Å². The molecule has 1 aromatic carbocycles. The van der Waals surface area contributed by atoms with E-state index in [9.17, 15) is 4.79 Å².